The monoisotopic (exact) mass is 579 g/mol. The molecule has 3 amide bonds. The maximum atomic E-state index is 12.8. The zero-order valence-corrected chi connectivity index (χ0v) is 22.8. The minimum atomic E-state index is -3.97. The van der Waals surface area contributed by atoms with Gasteiger partial charge in [0.25, 0.3) is 15.9 Å². The lowest BCUT2D eigenvalue weighted by Crippen LogP contribution is -2.56. The van der Waals surface area contributed by atoms with E-state index in [0.29, 0.717) is 5.56 Å². The number of sulfonamides is 1. The molecule has 41 heavy (non-hydrogen) atoms. The smallest absolute Gasteiger partial charge is 0.435 e. The molecular formula is C28H29N5O7S. The Hall–Kier alpha value is -4.59. The van der Waals surface area contributed by atoms with E-state index >= 15 is 0 Å². The first-order valence-electron chi connectivity index (χ1n) is 12.6. The average molecular weight is 580 g/mol. The molecule has 1 heterocycles. The summed E-state index contributed by atoms with van der Waals surface area (Å²) in [6, 6.07) is 23.5. The first kappa shape index (κ1) is 29.4. The Morgan fingerprint density at radius 2 is 1.63 bits per heavy atom. The number of hydrogen-bond acceptors (Lipinski definition) is 7. The van der Waals surface area contributed by atoms with E-state index in [2.05, 4.69) is 15.1 Å². The molecule has 1 atom stereocenters. The van der Waals surface area contributed by atoms with Crippen molar-refractivity contribution >= 4 is 33.8 Å². The number of benzene rings is 3. The summed E-state index contributed by atoms with van der Waals surface area (Å²) in [5.41, 5.74) is 7.98. The van der Waals surface area contributed by atoms with Crippen LogP contribution >= 0.6 is 0 Å². The molecule has 3 aromatic carbocycles. The molecule has 1 saturated heterocycles. The van der Waals surface area contributed by atoms with Crippen LogP contribution in [0.2, 0.25) is 0 Å². The number of amidine groups is 1. The maximum absolute atomic E-state index is 12.8. The van der Waals surface area contributed by atoms with E-state index in [1.165, 1.54) is 12.1 Å². The summed E-state index contributed by atoms with van der Waals surface area (Å²) in [5, 5.41) is 3.66. The number of nitrogens with zero attached hydrogens (tertiary/aromatic N) is 2. The minimum absolute atomic E-state index is 0.00650. The average Bonchev–Trinajstić information content (AvgIpc) is 2.98. The van der Waals surface area contributed by atoms with E-state index in [9.17, 15) is 22.8 Å². The van der Waals surface area contributed by atoms with Gasteiger partial charge in [0.1, 0.15) is 18.5 Å². The molecule has 0 radical (unpaired) electrons. The summed E-state index contributed by atoms with van der Waals surface area (Å²) in [4.78, 5) is 43.3. The van der Waals surface area contributed by atoms with E-state index in [1.807, 2.05) is 30.3 Å². The highest BCUT2D eigenvalue weighted by Gasteiger charge is 2.34. The van der Waals surface area contributed by atoms with Gasteiger partial charge in [0.05, 0.1) is 24.5 Å². The Labute approximate surface area is 237 Å². The quantitative estimate of drug-likeness (QED) is 0.241. The fourth-order valence-electron chi connectivity index (χ4n) is 3.82. The predicted molar refractivity (Wildman–Crippen MR) is 148 cm³/mol. The van der Waals surface area contributed by atoms with E-state index in [-0.39, 0.29) is 43.5 Å². The van der Waals surface area contributed by atoms with Crippen LogP contribution in [-0.2, 0) is 42.2 Å². The van der Waals surface area contributed by atoms with Gasteiger partial charge in [0.2, 0.25) is 5.91 Å². The van der Waals surface area contributed by atoms with Crippen LogP contribution < -0.4 is 15.9 Å². The fraction of sp³-hybridized carbons (Fsp3) is 0.214. The lowest BCUT2D eigenvalue weighted by atomic mass is 10.1. The molecule has 0 aliphatic carbocycles. The normalized spacial score (nSPS) is 15.8. The number of rotatable bonds is 10. The molecule has 0 aromatic heterocycles. The standard InChI is InChI=1S/C28H29N5O7S/c29-26(31-28(36)40-19-21-7-3-1-4-8-21)22-13-11-20(12-14-22)18-30-25(34)17-24-27(35)33(15-16-39-24)32-41(37,38)23-9-5-2-6-10-23/h1-14,24,32H,15-19H2,(H,30,34)(H2,29,31,36)/t24-/m0/s1. The van der Waals surface area contributed by atoms with Crippen LogP contribution in [0.1, 0.15) is 23.1 Å². The third-order valence-corrected chi connectivity index (χ3v) is 7.34. The lowest BCUT2D eigenvalue weighted by Gasteiger charge is -2.31. The molecule has 1 aliphatic heterocycles. The third kappa shape index (κ3) is 8.45. The number of nitrogens with one attached hydrogen (secondary N) is 2. The van der Waals surface area contributed by atoms with Crippen LogP contribution in [0.25, 0.3) is 0 Å². The molecule has 1 fully saturated rings. The van der Waals surface area contributed by atoms with Crippen molar-refractivity contribution in [3.8, 4) is 0 Å². The van der Waals surface area contributed by atoms with Crippen LogP contribution in [0.15, 0.2) is 94.8 Å². The Morgan fingerprint density at radius 3 is 2.32 bits per heavy atom. The van der Waals surface area contributed by atoms with Crippen molar-refractivity contribution in [2.75, 3.05) is 13.2 Å². The first-order chi connectivity index (χ1) is 19.7. The highest BCUT2D eigenvalue weighted by Crippen LogP contribution is 2.13. The molecule has 0 spiro atoms. The Kier molecular flexibility index (Phi) is 9.79. The van der Waals surface area contributed by atoms with E-state index in [4.69, 9.17) is 15.2 Å². The molecule has 0 saturated carbocycles. The summed E-state index contributed by atoms with van der Waals surface area (Å²) >= 11 is 0. The molecule has 13 heteroatoms. The summed E-state index contributed by atoms with van der Waals surface area (Å²) in [7, 11) is -3.97. The fourth-order valence-corrected chi connectivity index (χ4v) is 4.92. The second kappa shape index (κ2) is 13.7. The summed E-state index contributed by atoms with van der Waals surface area (Å²) < 4.78 is 35.7. The Balaban J connectivity index is 1.24. The van der Waals surface area contributed by atoms with Crippen molar-refractivity contribution in [1.29, 1.82) is 0 Å². The summed E-state index contributed by atoms with van der Waals surface area (Å²) in [6.45, 7) is 0.298. The van der Waals surface area contributed by atoms with Crippen LogP contribution in [0.5, 0.6) is 0 Å². The molecule has 3 aromatic rings. The van der Waals surface area contributed by atoms with Crippen molar-refractivity contribution < 1.29 is 32.3 Å². The molecule has 4 N–H and O–H groups in total. The molecule has 214 valence electrons. The number of hydrazine groups is 1. The number of morpholine rings is 1. The number of carbonyl (C=O) groups is 3. The Morgan fingerprint density at radius 1 is 0.976 bits per heavy atom. The molecule has 0 unspecified atom stereocenters. The highest BCUT2D eigenvalue weighted by atomic mass is 32.2. The van der Waals surface area contributed by atoms with Gasteiger partial charge in [-0.15, -0.1) is 4.83 Å². The van der Waals surface area contributed by atoms with Gasteiger partial charge in [0, 0.05) is 12.1 Å². The van der Waals surface area contributed by atoms with Crippen LogP contribution in [0, 0.1) is 0 Å². The van der Waals surface area contributed by atoms with E-state index < -0.39 is 34.0 Å². The molecule has 0 bridgehead atoms. The lowest BCUT2D eigenvalue weighted by molar-refractivity contribution is -0.157. The van der Waals surface area contributed by atoms with Gasteiger partial charge in [-0.25, -0.2) is 13.2 Å². The second-order valence-electron chi connectivity index (χ2n) is 8.97. The minimum Gasteiger partial charge on any atom is -0.443 e. The first-order valence-corrected chi connectivity index (χ1v) is 14.1. The van der Waals surface area contributed by atoms with Gasteiger partial charge in [-0.2, -0.15) is 4.99 Å². The van der Waals surface area contributed by atoms with Crippen LogP contribution in [-0.4, -0.2) is 56.4 Å². The van der Waals surface area contributed by atoms with Crippen molar-refractivity contribution in [3.63, 3.8) is 0 Å². The second-order valence-corrected chi connectivity index (χ2v) is 10.6. The zero-order valence-electron chi connectivity index (χ0n) is 21.9. The number of carbonyl (C=O) groups excluding carboxylic acids is 3. The van der Waals surface area contributed by atoms with Gasteiger partial charge in [-0.1, -0.05) is 72.8 Å². The van der Waals surface area contributed by atoms with Crippen molar-refractivity contribution in [1.82, 2.24) is 15.2 Å². The number of hydrogen-bond donors (Lipinski definition) is 3. The van der Waals surface area contributed by atoms with Crippen molar-refractivity contribution in [2.24, 2.45) is 10.7 Å². The van der Waals surface area contributed by atoms with Gasteiger partial charge < -0.3 is 20.5 Å². The van der Waals surface area contributed by atoms with Gasteiger partial charge >= 0.3 is 6.09 Å². The third-order valence-electron chi connectivity index (χ3n) is 5.99. The van der Waals surface area contributed by atoms with Gasteiger partial charge in [-0.3, -0.25) is 14.6 Å². The zero-order chi connectivity index (χ0) is 29.2. The maximum Gasteiger partial charge on any atom is 0.435 e. The Bertz CT molecular complexity index is 1500. The summed E-state index contributed by atoms with van der Waals surface area (Å²) in [5.74, 6) is -1.13. The molecule has 12 nitrogen and oxygen atoms in total. The van der Waals surface area contributed by atoms with Crippen molar-refractivity contribution in [3.05, 3.63) is 102 Å². The summed E-state index contributed by atoms with van der Waals surface area (Å²) in [6.07, 6.45) is -2.23. The van der Waals surface area contributed by atoms with E-state index in [1.54, 1.807) is 42.5 Å². The number of ether oxygens (including phenoxy) is 2. The number of aliphatic imine (C=N–C) groups is 1. The predicted octanol–water partition coefficient (Wildman–Crippen LogP) is 1.86. The highest BCUT2D eigenvalue weighted by molar-refractivity contribution is 7.89. The van der Waals surface area contributed by atoms with Crippen LogP contribution in [0.3, 0.4) is 0 Å². The topological polar surface area (TPSA) is 169 Å². The SMILES string of the molecule is NC(=NC(=O)OCc1ccccc1)c1ccc(CNC(=O)C[C@@H]2OCCN(NS(=O)(=O)c3ccccc3)C2=O)cc1. The van der Waals surface area contributed by atoms with Gasteiger partial charge in [-0.05, 0) is 23.3 Å². The van der Waals surface area contributed by atoms with Crippen LogP contribution in [0.4, 0.5) is 4.79 Å². The van der Waals surface area contributed by atoms with Gasteiger partial charge in [0.15, 0.2) is 0 Å². The number of amides is 3. The van der Waals surface area contributed by atoms with E-state index in [0.717, 1.165) is 16.1 Å². The van der Waals surface area contributed by atoms with Crippen molar-refractivity contribution in [2.45, 2.75) is 30.6 Å². The molecular weight excluding hydrogens is 550 g/mol. The largest absolute Gasteiger partial charge is 0.443 e. The molecule has 1 aliphatic rings. The molecule has 4 rings (SSSR count). The number of nitrogens with two attached hydrogens (primary N) is 1.